The van der Waals surface area contributed by atoms with Gasteiger partial charge in [-0.3, -0.25) is 0 Å². The first-order chi connectivity index (χ1) is 7.49. The fraction of sp³-hybridized carbons (Fsp3) is 0.273. The van der Waals surface area contributed by atoms with Gasteiger partial charge in [-0.1, -0.05) is 29.9 Å². The maximum Gasteiger partial charge on any atom is 0.379 e. The van der Waals surface area contributed by atoms with Gasteiger partial charge in [-0.2, -0.15) is 0 Å². The van der Waals surface area contributed by atoms with E-state index in [0.29, 0.717) is 10.1 Å². The minimum Gasteiger partial charge on any atom is -0.418 e. The summed E-state index contributed by atoms with van der Waals surface area (Å²) in [6.07, 6.45) is 0. The molecule has 0 bridgehead atoms. The highest BCUT2D eigenvalue weighted by atomic mass is 32.2. The summed E-state index contributed by atoms with van der Waals surface area (Å²) in [6.45, 7) is 1.97. The third-order valence-electron chi connectivity index (χ3n) is 1.76. The van der Waals surface area contributed by atoms with Crippen molar-refractivity contribution in [2.24, 2.45) is 0 Å². The Labute approximate surface area is 105 Å². The van der Waals surface area contributed by atoms with E-state index >= 15 is 0 Å². The lowest BCUT2D eigenvalue weighted by molar-refractivity contribution is 0.227. The number of carbonyl (C=O) groups excluding carboxylic acids is 1. The second-order valence-electron chi connectivity index (χ2n) is 3.43. The summed E-state index contributed by atoms with van der Waals surface area (Å²) >= 11 is 5.88. The molecule has 0 radical (unpaired) electrons. The molecule has 0 saturated heterocycles. The maximum absolute atomic E-state index is 11.4. The van der Waals surface area contributed by atoms with E-state index in [-0.39, 0.29) is 0 Å². The monoisotopic (exact) mass is 255 g/mol. The number of nitrogens with zero attached hydrogens (tertiary/aromatic N) is 1. The summed E-state index contributed by atoms with van der Waals surface area (Å²) in [5.74, 6) is 0.532. The number of hydrogen-bond acceptors (Lipinski definition) is 4. The van der Waals surface area contributed by atoms with E-state index in [1.165, 1.54) is 0 Å². The van der Waals surface area contributed by atoms with Gasteiger partial charge in [-0.15, -0.1) is 0 Å². The fourth-order valence-corrected chi connectivity index (χ4v) is 1.55. The van der Waals surface area contributed by atoms with E-state index in [0.717, 1.165) is 17.3 Å². The van der Waals surface area contributed by atoms with Crippen molar-refractivity contribution in [3.8, 4) is 5.75 Å². The molecular weight excluding hydrogens is 242 g/mol. The number of thioether (sulfide) groups is 1. The Kier molecular flexibility index (Phi) is 4.76. The van der Waals surface area contributed by atoms with Crippen LogP contribution in [0.4, 0.5) is 4.79 Å². The molecule has 0 amide bonds. The number of aryl methyl sites for hydroxylation is 1. The standard InChI is InChI=1S/C11H13NO2S2/c1-8-4-6-9(7-5-8)14-11(13)16-10(15)12(2)3/h4-7H,1-3H3. The molecule has 0 N–H and O–H groups in total. The topological polar surface area (TPSA) is 29.5 Å². The van der Waals surface area contributed by atoms with E-state index < -0.39 is 5.30 Å². The van der Waals surface area contributed by atoms with Crippen molar-refractivity contribution in [1.82, 2.24) is 4.90 Å². The molecule has 5 heteroatoms. The van der Waals surface area contributed by atoms with E-state index in [9.17, 15) is 4.79 Å². The lowest BCUT2D eigenvalue weighted by Gasteiger charge is -2.11. The van der Waals surface area contributed by atoms with Crippen molar-refractivity contribution in [2.75, 3.05) is 14.1 Å². The molecule has 0 aliphatic rings. The van der Waals surface area contributed by atoms with Crippen LogP contribution in [-0.4, -0.2) is 28.6 Å². The van der Waals surface area contributed by atoms with Crippen LogP contribution in [0.15, 0.2) is 24.3 Å². The van der Waals surface area contributed by atoms with Gasteiger partial charge in [0.2, 0.25) is 0 Å². The quantitative estimate of drug-likeness (QED) is 0.568. The van der Waals surface area contributed by atoms with Gasteiger partial charge in [0.25, 0.3) is 0 Å². The van der Waals surface area contributed by atoms with Gasteiger partial charge in [-0.25, -0.2) is 4.79 Å². The lowest BCUT2D eigenvalue weighted by Crippen LogP contribution is -2.18. The van der Waals surface area contributed by atoms with Crippen LogP contribution in [0.25, 0.3) is 0 Å². The molecule has 0 spiro atoms. The highest BCUT2D eigenvalue weighted by molar-refractivity contribution is 8.32. The Morgan fingerprint density at radius 3 is 2.38 bits per heavy atom. The molecular formula is C11H13NO2S2. The third kappa shape index (κ3) is 4.20. The molecule has 0 saturated carbocycles. The van der Waals surface area contributed by atoms with Gasteiger partial charge in [0.1, 0.15) is 10.1 Å². The van der Waals surface area contributed by atoms with Crippen molar-refractivity contribution < 1.29 is 9.53 Å². The maximum atomic E-state index is 11.4. The summed E-state index contributed by atoms with van der Waals surface area (Å²) in [5, 5.41) is -0.414. The average molecular weight is 255 g/mol. The predicted molar refractivity (Wildman–Crippen MR) is 71.1 cm³/mol. The number of carbonyl (C=O) groups is 1. The molecule has 1 aromatic rings. The first-order valence-electron chi connectivity index (χ1n) is 4.66. The zero-order chi connectivity index (χ0) is 12.1. The van der Waals surface area contributed by atoms with Crippen molar-refractivity contribution >= 4 is 33.6 Å². The van der Waals surface area contributed by atoms with Gasteiger partial charge >= 0.3 is 5.30 Å². The van der Waals surface area contributed by atoms with Crippen molar-refractivity contribution in [2.45, 2.75) is 6.92 Å². The Hall–Kier alpha value is -1.07. The van der Waals surface area contributed by atoms with Crippen LogP contribution in [0, 0.1) is 6.92 Å². The molecule has 86 valence electrons. The van der Waals surface area contributed by atoms with Crippen LogP contribution < -0.4 is 4.74 Å². The molecule has 1 rings (SSSR count). The molecule has 1 aromatic carbocycles. The third-order valence-corrected chi connectivity index (χ3v) is 3.16. The van der Waals surface area contributed by atoms with Gasteiger partial charge < -0.3 is 9.64 Å². The molecule has 0 aromatic heterocycles. The Balaban J connectivity index is 2.52. The zero-order valence-electron chi connectivity index (χ0n) is 9.39. The normalized spacial score (nSPS) is 9.69. The van der Waals surface area contributed by atoms with E-state index in [2.05, 4.69) is 0 Å². The minimum atomic E-state index is -0.414. The summed E-state index contributed by atoms with van der Waals surface area (Å²) in [6, 6.07) is 7.29. The highest BCUT2D eigenvalue weighted by Gasteiger charge is 2.10. The summed E-state index contributed by atoms with van der Waals surface area (Å²) in [4.78, 5) is 13.1. The molecule has 0 fully saturated rings. The van der Waals surface area contributed by atoms with E-state index in [4.69, 9.17) is 17.0 Å². The molecule has 3 nitrogen and oxygen atoms in total. The summed E-state index contributed by atoms with van der Waals surface area (Å²) in [5.41, 5.74) is 1.12. The first-order valence-corrected chi connectivity index (χ1v) is 5.89. The van der Waals surface area contributed by atoms with Gasteiger partial charge in [0.15, 0.2) is 0 Å². The molecule has 0 heterocycles. The van der Waals surface area contributed by atoms with Crippen LogP contribution >= 0.6 is 24.0 Å². The number of rotatable bonds is 1. The number of benzene rings is 1. The first kappa shape index (κ1) is 13.0. The second kappa shape index (κ2) is 5.86. The Bertz CT molecular complexity index is 387. The number of thiocarbonyl (C=S) groups is 1. The molecule has 0 aliphatic carbocycles. The molecule has 16 heavy (non-hydrogen) atoms. The van der Waals surface area contributed by atoms with Crippen LogP contribution in [-0.2, 0) is 0 Å². The predicted octanol–water partition coefficient (Wildman–Crippen LogP) is 3.07. The number of hydrogen-bond donors (Lipinski definition) is 0. The lowest BCUT2D eigenvalue weighted by atomic mass is 10.2. The second-order valence-corrected chi connectivity index (χ2v) is 5.00. The molecule has 0 atom stereocenters. The van der Waals surface area contributed by atoms with Crippen molar-refractivity contribution in [3.05, 3.63) is 29.8 Å². The van der Waals surface area contributed by atoms with Gasteiger partial charge in [0.05, 0.1) is 0 Å². The van der Waals surface area contributed by atoms with Crippen LogP contribution in [0.1, 0.15) is 5.56 Å². The highest BCUT2D eigenvalue weighted by Crippen LogP contribution is 2.16. The SMILES string of the molecule is Cc1ccc(OC(=O)SC(=S)N(C)C)cc1. The van der Waals surface area contributed by atoms with E-state index in [1.54, 1.807) is 31.1 Å². The molecule has 0 aliphatic heterocycles. The van der Waals surface area contributed by atoms with Crippen molar-refractivity contribution in [3.63, 3.8) is 0 Å². The van der Waals surface area contributed by atoms with Gasteiger partial charge in [0, 0.05) is 25.9 Å². The fourth-order valence-electron chi connectivity index (χ4n) is 0.886. The minimum absolute atomic E-state index is 0.414. The van der Waals surface area contributed by atoms with E-state index in [1.807, 2.05) is 19.1 Å². The number of ether oxygens (including phenoxy) is 1. The smallest absolute Gasteiger partial charge is 0.379 e. The average Bonchev–Trinajstić information content (AvgIpc) is 2.21. The Morgan fingerprint density at radius 1 is 1.31 bits per heavy atom. The van der Waals surface area contributed by atoms with Crippen LogP contribution in [0.2, 0.25) is 0 Å². The van der Waals surface area contributed by atoms with Crippen molar-refractivity contribution in [1.29, 1.82) is 0 Å². The Morgan fingerprint density at radius 2 is 1.88 bits per heavy atom. The molecule has 0 unspecified atom stereocenters. The summed E-state index contributed by atoms with van der Waals surface area (Å²) < 4.78 is 5.58. The van der Waals surface area contributed by atoms with Gasteiger partial charge in [-0.05, 0) is 19.1 Å². The van der Waals surface area contributed by atoms with Crippen LogP contribution in [0.3, 0.4) is 0 Å². The largest absolute Gasteiger partial charge is 0.418 e. The van der Waals surface area contributed by atoms with Crippen LogP contribution in [0.5, 0.6) is 5.75 Å². The zero-order valence-corrected chi connectivity index (χ0v) is 11.0. The summed E-state index contributed by atoms with van der Waals surface area (Å²) in [7, 11) is 3.57.